The highest BCUT2D eigenvalue weighted by Gasteiger charge is 2.15. The molecule has 0 aliphatic heterocycles. The number of hydrogen-bond acceptors (Lipinski definition) is 6. The molecule has 0 spiro atoms. The van der Waals surface area contributed by atoms with Gasteiger partial charge in [0.25, 0.3) is 0 Å². The van der Waals surface area contributed by atoms with Crippen LogP contribution in [-0.4, -0.2) is 28.5 Å². The topological polar surface area (TPSA) is 85.5 Å². The number of halogens is 1. The summed E-state index contributed by atoms with van der Waals surface area (Å²) in [5.74, 6) is 0. The summed E-state index contributed by atoms with van der Waals surface area (Å²) in [4.78, 5) is 13.5. The average molecular weight is 440 g/mol. The van der Waals surface area contributed by atoms with E-state index in [-0.39, 0.29) is 5.00 Å². The number of aromatic nitrogens is 1. The van der Waals surface area contributed by atoms with Gasteiger partial charge in [-0.25, -0.2) is 8.42 Å². The lowest BCUT2D eigenvalue weighted by Gasteiger charge is -2.21. The molecule has 0 N–H and O–H groups in total. The first-order chi connectivity index (χ1) is 13.2. The molecule has 3 aromatic rings. The van der Waals surface area contributed by atoms with Gasteiger partial charge in [-0.3, -0.25) is 19.0 Å². The standard InChI is InChI=1S/C18H18ClN3O4S2/c1-28(25,26)21-9-8-15(12-21)11-20(10-14-2-4-16(19)5-3-14)13-17-6-7-18(27-17)22(23)24/h2-9,12H,10-11,13H2,1H3. The zero-order valence-corrected chi connectivity index (χ0v) is 17.4. The molecule has 0 bridgehead atoms. The van der Waals surface area contributed by atoms with E-state index in [0.29, 0.717) is 24.7 Å². The Labute approximate surface area is 172 Å². The zero-order chi connectivity index (χ0) is 20.3. The molecule has 1 aromatic carbocycles. The van der Waals surface area contributed by atoms with Crippen molar-refractivity contribution < 1.29 is 13.3 Å². The third-order valence-electron chi connectivity index (χ3n) is 4.04. The van der Waals surface area contributed by atoms with Crippen LogP contribution < -0.4 is 0 Å². The first-order valence-electron chi connectivity index (χ1n) is 8.28. The second kappa shape index (κ2) is 8.44. The molecule has 0 fully saturated rings. The van der Waals surface area contributed by atoms with Gasteiger partial charge in [0.1, 0.15) is 0 Å². The Balaban J connectivity index is 1.81. The normalized spacial score (nSPS) is 11.8. The molecule has 0 aliphatic rings. The SMILES string of the molecule is CS(=O)(=O)n1ccc(CN(Cc2ccc(Cl)cc2)Cc2ccc([N+](=O)[O-])s2)c1. The maximum Gasteiger partial charge on any atom is 0.324 e. The van der Waals surface area contributed by atoms with E-state index in [9.17, 15) is 18.5 Å². The number of nitrogens with zero attached hydrogens (tertiary/aromatic N) is 3. The highest BCUT2D eigenvalue weighted by molar-refractivity contribution is 7.89. The fourth-order valence-electron chi connectivity index (χ4n) is 2.76. The molecule has 10 heteroatoms. The fraction of sp³-hybridized carbons (Fsp3) is 0.222. The number of rotatable bonds is 8. The van der Waals surface area contributed by atoms with E-state index in [2.05, 4.69) is 4.90 Å². The molecule has 0 saturated carbocycles. The van der Waals surface area contributed by atoms with Crippen molar-refractivity contribution >= 4 is 38.0 Å². The molecular formula is C18H18ClN3O4S2. The van der Waals surface area contributed by atoms with E-state index in [1.54, 1.807) is 18.3 Å². The summed E-state index contributed by atoms with van der Waals surface area (Å²) in [5.41, 5.74) is 1.88. The predicted octanol–water partition coefficient (Wildman–Crippen LogP) is 4.12. The molecule has 2 aromatic heterocycles. The van der Waals surface area contributed by atoms with Crippen LogP contribution >= 0.6 is 22.9 Å². The molecule has 148 valence electrons. The average Bonchev–Trinajstić information content (AvgIpc) is 3.26. The molecule has 0 aliphatic carbocycles. The van der Waals surface area contributed by atoms with Crippen LogP contribution in [0.25, 0.3) is 0 Å². The lowest BCUT2D eigenvalue weighted by molar-refractivity contribution is -0.380. The van der Waals surface area contributed by atoms with E-state index in [4.69, 9.17) is 11.6 Å². The lowest BCUT2D eigenvalue weighted by Crippen LogP contribution is -2.21. The van der Waals surface area contributed by atoms with Gasteiger partial charge in [-0.1, -0.05) is 35.1 Å². The van der Waals surface area contributed by atoms with E-state index in [0.717, 1.165) is 33.6 Å². The largest absolute Gasteiger partial charge is 0.324 e. The monoisotopic (exact) mass is 439 g/mol. The van der Waals surface area contributed by atoms with Crippen molar-refractivity contribution in [2.75, 3.05) is 6.26 Å². The lowest BCUT2D eigenvalue weighted by atomic mass is 10.2. The Morgan fingerprint density at radius 2 is 1.75 bits per heavy atom. The van der Waals surface area contributed by atoms with Gasteiger partial charge in [-0.15, -0.1) is 0 Å². The quantitative estimate of drug-likeness (QED) is 0.389. The summed E-state index contributed by atoms with van der Waals surface area (Å²) in [7, 11) is -3.34. The Kier molecular flexibility index (Phi) is 6.19. The maximum atomic E-state index is 11.7. The van der Waals surface area contributed by atoms with Gasteiger partial charge in [-0.05, 0) is 35.4 Å². The van der Waals surface area contributed by atoms with Gasteiger partial charge >= 0.3 is 5.00 Å². The third kappa shape index (κ3) is 5.41. The summed E-state index contributed by atoms with van der Waals surface area (Å²) in [6.07, 6.45) is 4.25. The van der Waals surface area contributed by atoms with E-state index < -0.39 is 14.9 Å². The van der Waals surface area contributed by atoms with Crippen molar-refractivity contribution in [3.8, 4) is 0 Å². The fourth-order valence-corrected chi connectivity index (χ4v) is 4.36. The number of thiophene rings is 1. The molecular weight excluding hydrogens is 422 g/mol. The van der Waals surface area contributed by atoms with Gasteiger partial charge < -0.3 is 0 Å². The molecule has 0 unspecified atom stereocenters. The van der Waals surface area contributed by atoms with Gasteiger partial charge in [0, 0.05) is 48.0 Å². The summed E-state index contributed by atoms with van der Waals surface area (Å²) < 4.78 is 24.6. The van der Waals surface area contributed by atoms with Crippen LogP contribution in [0.3, 0.4) is 0 Å². The minimum Gasteiger partial charge on any atom is -0.290 e. The second-order valence-electron chi connectivity index (χ2n) is 6.38. The van der Waals surface area contributed by atoms with Crippen LogP contribution in [-0.2, 0) is 29.7 Å². The summed E-state index contributed by atoms with van der Waals surface area (Å²) >= 11 is 7.09. The minimum atomic E-state index is -3.34. The summed E-state index contributed by atoms with van der Waals surface area (Å²) in [5, 5.41) is 11.7. The molecule has 0 saturated heterocycles. The van der Waals surface area contributed by atoms with Crippen molar-refractivity contribution in [2.24, 2.45) is 0 Å². The molecule has 0 atom stereocenters. The van der Waals surface area contributed by atoms with Crippen molar-refractivity contribution in [2.45, 2.75) is 19.6 Å². The van der Waals surface area contributed by atoms with Crippen LogP contribution in [0.5, 0.6) is 0 Å². The van der Waals surface area contributed by atoms with Crippen LogP contribution in [0.4, 0.5) is 5.00 Å². The third-order valence-corrected chi connectivity index (χ3v) is 6.31. The maximum absolute atomic E-state index is 11.7. The van der Waals surface area contributed by atoms with E-state index >= 15 is 0 Å². The van der Waals surface area contributed by atoms with Gasteiger partial charge in [0.05, 0.1) is 11.2 Å². The van der Waals surface area contributed by atoms with Gasteiger partial charge in [-0.2, -0.15) is 0 Å². The smallest absolute Gasteiger partial charge is 0.290 e. The van der Waals surface area contributed by atoms with Crippen molar-refractivity contribution in [1.82, 2.24) is 8.87 Å². The Morgan fingerprint density at radius 3 is 2.32 bits per heavy atom. The molecule has 3 rings (SSSR count). The Bertz CT molecular complexity index is 1070. The van der Waals surface area contributed by atoms with Crippen molar-refractivity contribution in [3.05, 3.63) is 86.0 Å². The first-order valence-corrected chi connectivity index (χ1v) is 11.3. The summed E-state index contributed by atoms with van der Waals surface area (Å²) in [6, 6.07) is 12.5. The number of hydrogen-bond donors (Lipinski definition) is 0. The number of benzene rings is 1. The van der Waals surface area contributed by atoms with Crippen LogP contribution in [0.2, 0.25) is 5.02 Å². The second-order valence-corrected chi connectivity index (χ2v) is 9.85. The predicted molar refractivity (Wildman–Crippen MR) is 110 cm³/mol. The molecule has 2 heterocycles. The Morgan fingerprint density at radius 1 is 1.07 bits per heavy atom. The van der Waals surface area contributed by atoms with Crippen LogP contribution in [0.1, 0.15) is 16.0 Å². The van der Waals surface area contributed by atoms with E-state index in [1.165, 1.54) is 16.2 Å². The molecule has 0 amide bonds. The first kappa shape index (κ1) is 20.5. The molecule has 7 nitrogen and oxygen atoms in total. The highest BCUT2D eigenvalue weighted by Crippen LogP contribution is 2.26. The summed E-state index contributed by atoms with van der Waals surface area (Å²) in [6.45, 7) is 1.59. The van der Waals surface area contributed by atoms with Gasteiger partial charge in [0.2, 0.25) is 10.0 Å². The number of nitro groups is 1. The van der Waals surface area contributed by atoms with E-state index in [1.807, 2.05) is 24.3 Å². The highest BCUT2D eigenvalue weighted by atomic mass is 35.5. The Hall–Kier alpha value is -2.20. The van der Waals surface area contributed by atoms with Gasteiger partial charge in [0.15, 0.2) is 0 Å². The minimum absolute atomic E-state index is 0.102. The van der Waals surface area contributed by atoms with Crippen LogP contribution in [0.15, 0.2) is 54.9 Å². The zero-order valence-electron chi connectivity index (χ0n) is 15.0. The molecule has 28 heavy (non-hydrogen) atoms. The molecule has 0 radical (unpaired) electrons. The van der Waals surface area contributed by atoms with Crippen molar-refractivity contribution in [1.29, 1.82) is 0 Å². The van der Waals surface area contributed by atoms with Crippen LogP contribution in [0, 0.1) is 10.1 Å². The van der Waals surface area contributed by atoms with Crippen molar-refractivity contribution in [3.63, 3.8) is 0 Å².